The number of amides is 1. The second-order valence-electron chi connectivity index (χ2n) is 5.16. The lowest BCUT2D eigenvalue weighted by atomic mass is 9.85. The molecule has 0 aromatic heterocycles. The maximum atomic E-state index is 12.0. The zero-order chi connectivity index (χ0) is 14.3. The highest BCUT2D eigenvalue weighted by Crippen LogP contribution is 2.25. The molecule has 7 heteroatoms. The quantitative estimate of drug-likeness (QED) is 0.364. The van der Waals surface area contributed by atoms with E-state index in [1.165, 1.54) is 0 Å². The number of rotatable bonds is 4. The van der Waals surface area contributed by atoms with Crippen molar-refractivity contribution in [2.24, 2.45) is 10.9 Å². The molecule has 0 radical (unpaired) electrons. The van der Waals surface area contributed by atoms with Crippen molar-refractivity contribution in [2.75, 3.05) is 34.3 Å². The summed E-state index contributed by atoms with van der Waals surface area (Å²) >= 11 is 0. The maximum Gasteiger partial charge on any atom is 0.225 e. The molecule has 1 fully saturated rings. The van der Waals surface area contributed by atoms with E-state index in [2.05, 4.69) is 15.6 Å². The summed E-state index contributed by atoms with van der Waals surface area (Å²) in [5.41, 5.74) is 0. The van der Waals surface area contributed by atoms with Gasteiger partial charge in [-0.3, -0.25) is 9.79 Å². The van der Waals surface area contributed by atoms with Crippen LogP contribution in [0.4, 0.5) is 0 Å². The molecule has 0 spiro atoms. The second-order valence-corrected chi connectivity index (χ2v) is 5.16. The lowest BCUT2D eigenvalue weighted by Crippen LogP contribution is -2.47. The van der Waals surface area contributed by atoms with Crippen molar-refractivity contribution in [1.29, 1.82) is 0 Å². The molecule has 1 aliphatic carbocycles. The molecule has 1 aliphatic rings. The molecule has 0 heterocycles. The average Bonchev–Trinajstić information content (AvgIpc) is 2.42. The van der Waals surface area contributed by atoms with Crippen molar-refractivity contribution in [3.8, 4) is 0 Å². The Bertz CT molecular complexity index is 323. The van der Waals surface area contributed by atoms with Crippen LogP contribution in [0.5, 0.6) is 0 Å². The van der Waals surface area contributed by atoms with E-state index in [0.29, 0.717) is 12.5 Å². The van der Waals surface area contributed by atoms with E-state index < -0.39 is 0 Å². The normalized spacial score (nSPS) is 22.7. The predicted molar refractivity (Wildman–Crippen MR) is 91.4 cm³/mol. The highest BCUT2D eigenvalue weighted by Gasteiger charge is 2.28. The monoisotopic (exact) mass is 398 g/mol. The number of carbonyl (C=O) groups is 1. The first-order valence-corrected chi connectivity index (χ1v) is 6.87. The molecule has 3 N–H and O–H groups in total. The van der Waals surface area contributed by atoms with E-state index in [0.717, 1.165) is 25.7 Å². The van der Waals surface area contributed by atoms with Crippen LogP contribution in [0.3, 0.4) is 0 Å². The lowest BCUT2D eigenvalue weighted by Gasteiger charge is -2.31. The number of aliphatic hydroxyl groups is 1. The van der Waals surface area contributed by atoms with Crippen LogP contribution in [-0.4, -0.2) is 62.2 Å². The molecule has 0 aliphatic heterocycles. The first-order valence-electron chi connectivity index (χ1n) is 6.87. The first-order chi connectivity index (χ1) is 9.08. The Kier molecular flexibility index (Phi) is 9.91. The third-order valence-corrected chi connectivity index (χ3v) is 3.43. The van der Waals surface area contributed by atoms with Gasteiger partial charge in [-0.2, -0.15) is 0 Å². The number of halogens is 1. The SMILES string of the molecule is CN=C(NCCO)NC1CCCC(C(=O)N(C)C)C1.I. The number of aliphatic hydroxyl groups excluding tert-OH is 1. The molecule has 1 rings (SSSR count). The Morgan fingerprint density at radius 2 is 2.10 bits per heavy atom. The topological polar surface area (TPSA) is 77.0 Å². The number of hydrogen-bond donors (Lipinski definition) is 3. The van der Waals surface area contributed by atoms with Crippen molar-refractivity contribution < 1.29 is 9.90 Å². The number of nitrogens with zero attached hydrogens (tertiary/aromatic N) is 2. The standard InChI is InChI=1S/C13H26N4O2.HI/c1-14-13(15-7-8-18)16-11-6-4-5-10(9-11)12(19)17(2)3;/h10-11,18H,4-9H2,1-3H3,(H2,14,15,16);1H. The minimum absolute atomic E-state index is 0. The summed E-state index contributed by atoms with van der Waals surface area (Å²) in [6.07, 6.45) is 3.92. The Hall–Kier alpha value is -0.570. The fourth-order valence-electron chi connectivity index (χ4n) is 2.47. The fraction of sp³-hybridized carbons (Fsp3) is 0.846. The highest BCUT2D eigenvalue weighted by molar-refractivity contribution is 14.0. The van der Waals surface area contributed by atoms with E-state index in [1.807, 2.05) is 0 Å². The first kappa shape index (κ1) is 19.4. The average molecular weight is 398 g/mol. The summed E-state index contributed by atoms with van der Waals surface area (Å²) in [5, 5.41) is 15.1. The van der Waals surface area contributed by atoms with Gasteiger partial charge in [0.25, 0.3) is 0 Å². The molecule has 20 heavy (non-hydrogen) atoms. The summed E-state index contributed by atoms with van der Waals surface area (Å²) in [6.45, 7) is 0.555. The van der Waals surface area contributed by atoms with Gasteiger partial charge in [-0.15, -0.1) is 24.0 Å². The maximum absolute atomic E-state index is 12.0. The van der Waals surface area contributed by atoms with Crippen LogP contribution in [0.15, 0.2) is 4.99 Å². The Labute approximate surface area is 138 Å². The Balaban J connectivity index is 0.00000361. The molecule has 2 unspecified atom stereocenters. The molecule has 0 aromatic carbocycles. The van der Waals surface area contributed by atoms with Gasteiger partial charge >= 0.3 is 0 Å². The minimum Gasteiger partial charge on any atom is -0.395 e. The van der Waals surface area contributed by atoms with Crippen molar-refractivity contribution in [3.63, 3.8) is 0 Å². The van der Waals surface area contributed by atoms with E-state index in [-0.39, 0.29) is 48.5 Å². The fourth-order valence-corrected chi connectivity index (χ4v) is 2.47. The molecule has 1 saturated carbocycles. The molecule has 6 nitrogen and oxygen atoms in total. The smallest absolute Gasteiger partial charge is 0.225 e. The number of aliphatic imine (C=N–C) groups is 1. The van der Waals surface area contributed by atoms with Gasteiger partial charge in [0, 0.05) is 39.6 Å². The van der Waals surface area contributed by atoms with Gasteiger partial charge in [0.2, 0.25) is 5.91 Å². The van der Waals surface area contributed by atoms with Gasteiger partial charge in [-0.25, -0.2) is 0 Å². The van der Waals surface area contributed by atoms with Crippen LogP contribution in [-0.2, 0) is 4.79 Å². The Morgan fingerprint density at radius 3 is 2.65 bits per heavy atom. The van der Waals surface area contributed by atoms with Crippen molar-refractivity contribution in [2.45, 2.75) is 31.7 Å². The van der Waals surface area contributed by atoms with Gasteiger partial charge in [0.05, 0.1) is 6.61 Å². The third kappa shape index (κ3) is 6.25. The van der Waals surface area contributed by atoms with Crippen LogP contribution < -0.4 is 10.6 Å². The molecule has 0 aromatic rings. The van der Waals surface area contributed by atoms with Gasteiger partial charge in [0.15, 0.2) is 5.96 Å². The second kappa shape index (κ2) is 10.2. The number of guanidine groups is 1. The number of hydrogen-bond acceptors (Lipinski definition) is 3. The van der Waals surface area contributed by atoms with Crippen LogP contribution >= 0.6 is 24.0 Å². The minimum atomic E-state index is 0. The summed E-state index contributed by atoms with van der Waals surface area (Å²) in [4.78, 5) is 17.8. The molecular weight excluding hydrogens is 371 g/mol. The van der Waals surface area contributed by atoms with Crippen LogP contribution in [0.25, 0.3) is 0 Å². The predicted octanol–water partition coefficient (Wildman–Crippen LogP) is 0.409. The lowest BCUT2D eigenvalue weighted by molar-refractivity contribution is -0.134. The van der Waals surface area contributed by atoms with E-state index in [1.54, 1.807) is 26.0 Å². The number of carbonyl (C=O) groups excluding carboxylic acids is 1. The highest BCUT2D eigenvalue weighted by atomic mass is 127. The third-order valence-electron chi connectivity index (χ3n) is 3.43. The van der Waals surface area contributed by atoms with E-state index in [4.69, 9.17) is 5.11 Å². The summed E-state index contributed by atoms with van der Waals surface area (Å²) in [6, 6.07) is 0.271. The van der Waals surface area contributed by atoms with Crippen molar-refractivity contribution >= 4 is 35.8 Å². The molecule has 2 atom stereocenters. The van der Waals surface area contributed by atoms with E-state index in [9.17, 15) is 4.79 Å². The Morgan fingerprint density at radius 1 is 1.40 bits per heavy atom. The molecule has 118 valence electrons. The van der Waals surface area contributed by atoms with Crippen LogP contribution in [0.1, 0.15) is 25.7 Å². The zero-order valence-corrected chi connectivity index (χ0v) is 14.9. The van der Waals surface area contributed by atoms with Gasteiger partial charge < -0.3 is 20.6 Å². The molecule has 0 saturated heterocycles. The molecular formula is C13H27IN4O2. The molecule has 1 amide bonds. The summed E-state index contributed by atoms with van der Waals surface area (Å²) < 4.78 is 0. The zero-order valence-electron chi connectivity index (χ0n) is 12.6. The summed E-state index contributed by atoms with van der Waals surface area (Å²) in [5.74, 6) is 1.01. The molecule has 0 bridgehead atoms. The van der Waals surface area contributed by atoms with Gasteiger partial charge in [0.1, 0.15) is 0 Å². The number of nitrogens with one attached hydrogen (secondary N) is 2. The van der Waals surface area contributed by atoms with Crippen molar-refractivity contribution in [3.05, 3.63) is 0 Å². The largest absolute Gasteiger partial charge is 0.395 e. The van der Waals surface area contributed by atoms with Crippen LogP contribution in [0.2, 0.25) is 0 Å². The van der Waals surface area contributed by atoms with E-state index >= 15 is 0 Å². The van der Waals surface area contributed by atoms with Crippen molar-refractivity contribution in [1.82, 2.24) is 15.5 Å². The van der Waals surface area contributed by atoms with Gasteiger partial charge in [-0.1, -0.05) is 6.42 Å². The van der Waals surface area contributed by atoms with Gasteiger partial charge in [-0.05, 0) is 19.3 Å². The summed E-state index contributed by atoms with van der Waals surface area (Å²) in [7, 11) is 5.32. The van der Waals surface area contributed by atoms with Crippen LogP contribution in [0, 0.1) is 5.92 Å².